The summed E-state index contributed by atoms with van der Waals surface area (Å²) in [5, 5.41) is 5.06. The fraction of sp³-hybridized carbons (Fsp3) is 0.583. The Morgan fingerprint density at radius 1 is 1.67 bits per heavy atom. The van der Waals surface area contributed by atoms with E-state index >= 15 is 0 Å². The number of thioether (sulfide) groups is 1. The molecule has 102 valence electrons. The van der Waals surface area contributed by atoms with Gasteiger partial charge < -0.3 is 11.1 Å². The van der Waals surface area contributed by atoms with Crippen LogP contribution in [0.15, 0.2) is 11.4 Å². The van der Waals surface area contributed by atoms with E-state index < -0.39 is 0 Å². The van der Waals surface area contributed by atoms with E-state index in [1.807, 2.05) is 6.92 Å². The molecule has 6 heteroatoms. The van der Waals surface area contributed by atoms with Crippen LogP contribution < -0.4 is 11.1 Å². The highest BCUT2D eigenvalue weighted by molar-refractivity contribution is 8.00. The molecular weight excluding hydrogens is 288 g/mol. The standard InChI is InChI=1S/C12H18N2OS2.ClH/c1-8(6-13)7-14-12(15)11-9-2-4-16-10(9)3-5-17-11;/h2,4,8,11H,3,5-7,13H2,1H3,(H,14,15);1H. The quantitative estimate of drug-likeness (QED) is 0.897. The minimum absolute atomic E-state index is 0. The topological polar surface area (TPSA) is 55.1 Å². The highest BCUT2D eigenvalue weighted by atomic mass is 35.5. The van der Waals surface area contributed by atoms with Gasteiger partial charge in [-0.2, -0.15) is 0 Å². The summed E-state index contributed by atoms with van der Waals surface area (Å²) in [6, 6.07) is 2.09. The zero-order chi connectivity index (χ0) is 12.3. The second kappa shape index (κ2) is 7.38. The number of thiophene rings is 1. The third-order valence-electron chi connectivity index (χ3n) is 2.94. The van der Waals surface area contributed by atoms with Crippen molar-refractivity contribution in [3.8, 4) is 0 Å². The van der Waals surface area contributed by atoms with Gasteiger partial charge in [-0.1, -0.05) is 6.92 Å². The molecule has 3 nitrogen and oxygen atoms in total. The average molecular weight is 307 g/mol. The Bertz CT molecular complexity index is 397. The summed E-state index contributed by atoms with van der Waals surface area (Å²) >= 11 is 3.50. The fourth-order valence-corrected chi connectivity index (χ4v) is 4.13. The molecule has 0 aliphatic carbocycles. The molecule has 0 bridgehead atoms. The number of halogens is 1. The summed E-state index contributed by atoms with van der Waals surface area (Å²) < 4.78 is 0. The van der Waals surface area contributed by atoms with Gasteiger partial charge in [0.05, 0.1) is 0 Å². The molecule has 1 aromatic heterocycles. The van der Waals surface area contributed by atoms with Crippen LogP contribution in [0.1, 0.15) is 22.6 Å². The second-order valence-electron chi connectivity index (χ2n) is 4.39. The maximum atomic E-state index is 12.1. The van der Waals surface area contributed by atoms with Crippen molar-refractivity contribution in [2.45, 2.75) is 18.6 Å². The first-order valence-corrected chi connectivity index (χ1v) is 7.81. The van der Waals surface area contributed by atoms with Crippen LogP contribution in [-0.2, 0) is 11.2 Å². The van der Waals surface area contributed by atoms with Crippen LogP contribution in [0.2, 0.25) is 0 Å². The molecule has 1 aliphatic rings. The molecule has 0 saturated heterocycles. The van der Waals surface area contributed by atoms with Gasteiger partial charge in [-0.15, -0.1) is 35.5 Å². The van der Waals surface area contributed by atoms with Gasteiger partial charge in [0.1, 0.15) is 5.25 Å². The summed E-state index contributed by atoms with van der Waals surface area (Å²) in [7, 11) is 0. The molecule has 0 spiro atoms. The molecule has 2 heterocycles. The molecule has 18 heavy (non-hydrogen) atoms. The Balaban J connectivity index is 0.00000162. The van der Waals surface area contributed by atoms with Crippen molar-refractivity contribution in [3.63, 3.8) is 0 Å². The number of rotatable bonds is 4. The van der Waals surface area contributed by atoms with Gasteiger partial charge in [-0.3, -0.25) is 4.79 Å². The van der Waals surface area contributed by atoms with Gasteiger partial charge in [-0.05, 0) is 41.6 Å². The van der Waals surface area contributed by atoms with E-state index in [0.717, 1.165) is 12.2 Å². The van der Waals surface area contributed by atoms with Gasteiger partial charge in [0.25, 0.3) is 0 Å². The lowest BCUT2D eigenvalue weighted by atomic mass is 10.1. The first-order chi connectivity index (χ1) is 8.22. The van der Waals surface area contributed by atoms with E-state index in [1.165, 1.54) is 10.4 Å². The third-order valence-corrected chi connectivity index (χ3v) is 5.18. The van der Waals surface area contributed by atoms with E-state index in [-0.39, 0.29) is 23.6 Å². The number of nitrogens with two attached hydrogens (primary N) is 1. The number of hydrogen-bond acceptors (Lipinski definition) is 4. The summed E-state index contributed by atoms with van der Waals surface area (Å²) in [5.41, 5.74) is 6.75. The molecule has 0 fully saturated rings. The van der Waals surface area contributed by atoms with Crippen LogP contribution in [0.4, 0.5) is 0 Å². The Hall–Kier alpha value is -0.230. The van der Waals surface area contributed by atoms with Crippen molar-refractivity contribution in [2.75, 3.05) is 18.8 Å². The Morgan fingerprint density at radius 2 is 2.44 bits per heavy atom. The summed E-state index contributed by atoms with van der Waals surface area (Å²) in [4.78, 5) is 13.5. The molecule has 3 N–H and O–H groups in total. The lowest BCUT2D eigenvalue weighted by Gasteiger charge is -2.22. The number of carbonyl (C=O) groups is 1. The van der Waals surface area contributed by atoms with Crippen LogP contribution in [0.5, 0.6) is 0 Å². The smallest absolute Gasteiger partial charge is 0.237 e. The largest absolute Gasteiger partial charge is 0.355 e. The summed E-state index contributed by atoms with van der Waals surface area (Å²) in [6.07, 6.45) is 1.10. The van der Waals surface area contributed by atoms with E-state index in [0.29, 0.717) is 19.0 Å². The molecule has 1 amide bonds. The highest BCUT2D eigenvalue weighted by Gasteiger charge is 2.27. The lowest BCUT2D eigenvalue weighted by molar-refractivity contribution is -0.120. The molecule has 0 saturated carbocycles. The molecule has 1 aromatic rings. The molecule has 2 atom stereocenters. The number of fused-ring (bicyclic) bond motifs is 1. The summed E-state index contributed by atoms with van der Waals surface area (Å²) in [5.74, 6) is 1.52. The number of carbonyl (C=O) groups excluding carboxylic acids is 1. The maximum Gasteiger partial charge on any atom is 0.237 e. The number of hydrogen-bond donors (Lipinski definition) is 2. The van der Waals surface area contributed by atoms with Crippen molar-refractivity contribution < 1.29 is 4.79 Å². The van der Waals surface area contributed by atoms with Crippen molar-refractivity contribution in [3.05, 3.63) is 21.9 Å². The van der Waals surface area contributed by atoms with Crippen LogP contribution in [0.25, 0.3) is 0 Å². The van der Waals surface area contributed by atoms with Crippen molar-refractivity contribution >= 4 is 41.4 Å². The van der Waals surface area contributed by atoms with Gasteiger partial charge >= 0.3 is 0 Å². The molecule has 0 aromatic carbocycles. The zero-order valence-corrected chi connectivity index (χ0v) is 12.8. The third kappa shape index (κ3) is 3.63. The van der Waals surface area contributed by atoms with Crippen LogP contribution >= 0.6 is 35.5 Å². The zero-order valence-electron chi connectivity index (χ0n) is 10.3. The van der Waals surface area contributed by atoms with Crippen molar-refractivity contribution in [1.29, 1.82) is 0 Å². The van der Waals surface area contributed by atoms with Gasteiger partial charge in [0, 0.05) is 11.4 Å². The van der Waals surface area contributed by atoms with E-state index in [9.17, 15) is 4.79 Å². The maximum absolute atomic E-state index is 12.1. The van der Waals surface area contributed by atoms with Gasteiger partial charge in [0.15, 0.2) is 0 Å². The highest BCUT2D eigenvalue weighted by Crippen LogP contribution is 2.39. The summed E-state index contributed by atoms with van der Waals surface area (Å²) in [6.45, 7) is 3.33. The predicted octanol–water partition coefficient (Wildman–Crippen LogP) is 2.21. The van der Waals surface area contributed by atoms with Crippen LogP contribution in [0.3, 0.4) is 0 Å². The van der Waals surface area contributed by atoms with Crippen LogP contribution in [0, 0.1) is 5.92 Å². The first-order valence-electron chi connectivity index (χ1n) is 5.88. The van der Waals surface area contributed by atoms with E-state index in [1.54, 1.807) is 23.1 Å². The molecule has 2 unspecified atom stereocenters. The number of amides is 1. The molecule has 2 rings (SSSR count). The van der Waals surface area contributed by atoms with Gasteiger partial charge in [0.2, 0.25) is 5.91 Å². The number of aryl methyl sites for hydroxylation is 1. The van der Waals surface area contributed by atoms with Crippen LogP contribution in [-0.4, -0.2) is 24.7 Å². The monoisotopic (exact) mass is 306 g/mol. The van der Waals surface area contributed by atoms with Crippen molar-refractivity contribution in [2.24, 2.45) is 11.7 Å². The minimum atomic E-state index is -0.0185. The molecular formula is C12H19ClN2OS2. The Labute approximate surface area is 122 Å². The molecule has 1 aliphatic heterocycles. The van der Waals surface area contributed by atoms with E-state index in [2.05, 4.69) is 16.8 Å². The lowest BCUT2D eigenvalue weighted by Crippen LogP contribution is -2.34. The van der Waals surface area contributed by atoms with Crippen molar-refractivity contribution in [1.82, 2.24) is 5.32 Å². The normalized spacial score (nSPS) is 19.6. The SMILES string of the molecule is CC(CN)CNC(=O)C1SCCc2sccc21.Cl. The van der Waals surface area contributed by atoms with Gasteiger partial charge in [-0.25, -0.2) is 0 Å². The number of nitrogens with one attached hydrogen (secondary N) is 1. The Morgan fingerprint density at radius 3 is 3.17 bits per heavy atom. The fourth-order valence-electron chi connectivity index (χ4n) is 1.81. The predicted molar refractivity (Wildman–Crippen MR) is 81.7 cm³/mol. The molecule has 0 radical (unpaired) electrons. The average Bonchev–Trinajstić information content (AvgIpc) is 2.83. The second-order valence-corrected chi connectivity index (χ2v) is 6.60. The Kier molecular flexibility index (Phi) is 6.49. The van der Waals surface area contributed by atoms with E-state index in [4.69, 9.17) is 5.73 Å². The first kappa shape index (κ1) is 15.8. The minimum Gasteiger partial charge on any atom is -0.355 e.